The Morgan fingerprint density at radius 3 is 2.65 bits per heavy atom. The van der Waals surface area contributed by atoms with Gasteiger partial charge in [-0.15, -0.1) is 0 Å². The maximum Gasteiger partial charge on any atom is 0.308 e. The molecule has 2 rings (SSSR count). The average molecular weight is 280 g/mol. The van der Waals surface area contributed by atoms with Gasteiger partial charge in [0.15, 0.2) is 5.69 Å². The van der Waals surface area contributed by atoms with E-state index in [1.54, 1.807) is 18.8 Å². The summed E-state index contributed by atoms with van der Waals surface area (Å²) in [6.07, 6.45) is 3.44. The molecule has 0 saturated carbocycles. The second kappa shape index (κ2) is 6.67. The number of quaternary nitrogens is 1. The Morgan fingerprint density at radius 1 is 1.40 bits per heavy atom. The molecule has 1 aliphatic rings. The number of aromatic nitrogens is 1. The summed E-state index contributed by atoms with van der Waals surface area (Å²) < 4.78 is 4.81. The molecule has 0 unspecified atom stereocenters. The lowest BCUT2D eigenvalue weighted by Gasteiger charge is -2.32. The van der Waals surface area contributed by atoms with Crippen molar-refractivity contribution in [2.75, 3.05) is 32.2 Å². The second-order valence-electron chi connectivity index (χ2n) is 5.05. The third kappa shape index (κ3) is 3.26. The number of hydrogen-bond acceptors (Lipinski definition) is 5. The number of carbonyl (C=O) groups excluding carboxylic acids is 1. The van der Waals surface area contributed by atoms with Gasteiger partial charge in [-0.1, -0.05) is 0 Å². The van der Waals surface area contributed by atoms with Crippen LogP contribution in [-0.4, -0.2) is 38.3 Å². The number of rotatable bonds is 4. The van der Waals surface area contributed by atoms with Gasteiger partial charge in [-0.2, -0.15) is 5.48 Å². The van der Waals surface area contributed by atoms with Gasteiger partial charge in [0.1, 0.15) is 5.82 Å². The molecule has 0 spiro atoms. The van der Waals surface area contributed by atoms with Crippen molar-refractivity contribution in [2.24, 2.45) is 5.92 Å². The highest BCUT2D eigenvalue weighted by molar-refractivity contribution is 5.72. The minimum absolute atomic E-state index is 0.0256. The second-order valence-corrected chi connectivity index (χ2v) is 5.05. The summed E-state index contributed by atoms with van der Waals surface area (Å²) in [6, 6.07) is 2.05. The molecule has 1 fully saturated rings. The van der Waals surface area contributed by atoms with Crippen LogP contribution in [0.1, 0.15) is 18.4 Å². The number of nitrogens with two attached hydrogens (primary N) is 1. The summed E-state index contributed by atoms with van der Waals surface area (Å²) in [6.45, 7) is 3.71. The summed E-state index contributed by atoms with van der Waals surface area (Å²) in [5, 5.41) is 0. The van der Waals surface area contributed by atoms with Gasteiger partial charge in [0.25, 0.3) is 0 Å². The van der Waals surface area contributed by atoms with Crippen LogP contribution in [0.25, 0.3) is 0 Å². The van der Waals surface area contributed by atoms with Gasteiger partial charge < -0.3 is 9.64 Å². The van der Waals surface area contributed by atoms with Gasteiger partial charge in [0.05, 0.1) is 26.3 Å². The minimum atomic E-state index is -0.0978. The van der Waals surface area contributed by atoms with E-state index in [4.69, 9.17) is 9.57 Å². The summed E-state index contributed by atoms with van der Waals surface area (Å²) in [7, 11) is 3.08. The zero-order chi connectivity index (χ0) is 14.5. The molecule has 0 aromatic carbocycles. The van der Waals surface area contributed by atoms with Crippen molar-refractivity contribution in [3.8, 4) is 0 Å². The van der Waals surface area contributed by atoms with Crippen molar-refractivity contribution in [1.82, 2.24) is 4.98 Å². The number of anilines is 1. The van der Waals surface area contributed by atoms with Crippen LogP contribution >= 0.6 is 0 Å². The van der Waals surface area contributed by atoms with Crippen molar-refractivity contribution in [3.05, 3.63) is 17.8 Å². The fraction of sp³-hybridized carbons (Fsp3) is 0.571. The number of esters is 1. The molecule has 0 atom stereocenters. The molecular weight excluding hydrogens is 258 g/mol. The molecule has 0 aliphatic carbocycles. The van der Waals surface area contributed by atoms with Gasteiger partial charge in [-0.25, -0.2) is 9.82 Å². The fourth-order valence-electron chi connectivity index (χ4n) is 2.61. The van der Waals surface area contributed by atoms with Crippen LogP contribution < -0.4 is 10.4 Å². The summed E-state index contributed by atoms with van der Waals surface area (Å²) >= 11 is 0. The number of aryl methyl sites for hydroxylation is 1. The smallest absolute Gasteiger partial charge is 0.308 e. The van der Waals surface area contributed by atoms with Gasteiger partial charge in [0.2, 0.25) is 0 Å². The Labute approximate surface area is 119 Å². The van der Waals surface area contributed by atoms with E-state index >= 15 is 0 Å². The van der Waals surface area contributed by atoms with Crippen LogP contribution in [0, 0.1) is 12.8 Å². The summed E-state index contributed by atoms with van der Waals surface area (Å²) in [4.78, 5) is 23.2. The van der Waals surface area contributed by atoms with Crippen LogP contribution in [0.2, 0.25) is 0 Å². The van der Waals surface area contributed by atoms with E-state index in [1.165, 1.54) is 7.11 Å². The Kier molecular flexibility index (Phi) is 4.92. The number of nitrogens with zero attached hydrogens (tertiary/aromatic N) is 2. The summed E-state index contributed by atoms with van der Waals surface area (Å²) in [5.74, 6) is 0.915. The Hall–Kier alpha value is -1.66. The molecule has 2 N–H and O–H groups in total. The molecule has 1 aliphatic heterocycles. The highest BCUT2D eigenvalue weighted by atomic mass is 16.6. The zero-order valence-corrected chi connectivity index (χ0v) is 12.3. The van der Waals surface area contributed by atoms with Crippen LogP contribution in [0.3, 0.4) is 0 Å². The first-order valence-electron chi connectivity index (χ1n) is 6.81. The molecule has 6 heteroatoms. The van der Waals surface area contributed by atoms with Crippen molar-refractivity contribution in [3.63, 3.8) is 0 Å². The van der Waals surface area contributed by atoms with Crippen LogP contribution in [0.4, 0.5) is 11.5 Å². The first-order valence-corrected chi connectivity index (χ1v) is 6.81. The Balaban J connectivity index is 2.01. The first-order chi connectivity index (χ1) is 9.65. The molecule has 0 bridgehead atoms. The average Bonchev–Trinajstić information content (AvgIpc) is 2.47. The lowest BCUT2D eigenvalue weighted by Crippen LogP contribution is -2.76. The van der Waals surface area contributed by atoms with Crippen molar-refractivity contribution < 1.29 is 19.8 Å². The Bertz CT molecular complexity index is 471. The molecule has 1 saturated heterocycles. The highest BCUT2D eigenvalue weighted by Gasteiger charge is 2.26. The standard InChI is InChI=1S/C14H21N3O3/c1-10-8-12(16-20-3)9-15-13(10)17-6-4-11(5-7-17)14(18)19-2/h8-9,11,16H,4-7H2,1-3H3/p+1. The van der Waals surface area contributed by atoms with E-state index in [-0.39, 0.29) is 11.9 Å². The van der Waals surface area contributed by atoms with Gasteiger partial charge in [0, 0.05) is 19.2 Å². The molecular formula is C14H22N3O3+. The van der Waals surface area contributed by atoms with Crippen LogP contribution in [0.5, 0.6) is 0 Å². The van der Waals surface area contributed by atoms with E-state index in [9.17, 15) is 4.79 Å². The van der Waals surface area contributed by atoms with Gasteiger partial charge in [-0.05, 0) is 25.3 Å². The number of piperidine rings is 1. The molecule has 1 aromatic rings. The SMILES string of the molecule is CO[NH2+]c1cnc(N2CCC(C(=O)OC)CC2)c(C)c1. The van der Waals surface area contributed by atoms with Gasteiger partial charge in [-0.3, -0.25) is 4.79 Å². The molecule has 20 heavy (non-hydrogen) atoms. The number of methoxy groups -OCH3 is 1. The van der Waals surface area contributed by atoms with Crippen molar-refractivity contribution >= 4 is 17.5 Å². The molecule has 6 nitrogen and oxygen atoms in total. The molecule has 110 valence electrons. The summed E-state index contributed by atoms with van der Waals surface area (Å²) in [5.41, 5.74) is 3.75. The zero-order valence-electron chi connectivity index (χ0n) is 12.3. The van der Waals surface area contributed by atoms with Gasteiger partial charge >= 0.3 is 5.97 Å². The Morgan fingerprint density at radius 2 is 2.10 bits per heavy atom. The lowest BCUT2D eigenvalue weighted by molar-refractivity contribution is -0.830. The van der Waals surface area contributed by atoms with E-state index in [0.29, 0.717) is 0 Å². The van der Waals surface area contributed by atoms with E-state index < -0.39 is 0 Å². The fourth-order valence-corrected chi connectivity index (χ4v) is 2.61. The largest absolute Gasteiger partial charge is 0.469 e. The minimum Gasteiger partial charge on any atom is -0.469 e. The van der Waals surface area contributed by atoms with Crippen molar-refractivity contribution in [2.45, 2.75) is 19.8 Å². The maximum absolute atomic E-state index is 11.5. The predicted molar refractivity (Wildman–Crippen MR) is 74.5 cm³/mol. The molecule has 0 radical (unpaired) electrons. The van der Waals surface area contributed by atoms with Crippen LogP contribution in [0.15, 0.2) is 12.3 Å². The molecule has 2 heterocycles. The molecule has 1 aromatic heterocycles. The monoisotopic (exact) mass is 280 g/mol. The number of carbonyl (C=O) groups is 1. The highest BCUT2D eigenvalue weighted by Crippen LogP contribution is 2.25. The lowest BCUT2D eigenvalue weighted by atomic mass is 9.97. The van der Waals surface area contributed by atoms with E-state index in [0.717, 1.165) is 43.0 Å². The normalized spacial score (nSPS) is 16.2. The predicted octanol–water partition coefficient (Wildman–Crippen LogP) is 0.536. The number of ether oxygens (including phenoxy) is 1. The van der Waals surface area contributed by atoms with Crippen molar-refractivity contribution in [1.29, 1.82) is 0 Å². The van der Waals surface area contributed by atoms with E-state index in [1.807, 2.05) is 6.92 Å². The third-order valence-corrected chi connectivity index (χ3v) is 3.65. The number of hydrogen-bond donors (Lipinski definition) is 1. The number of pyridine rings is 1. The molecule has 0 amide bonds. The quantitative estimate of drug-likeness (QED) is 0.644. The maximum atomic E-state index is 11.5. The topological polar surface area (TPSA) is 68.3 Å². The first kappa shape index (κ1) is 14.7. The van der Waals surface area contributed by atoms with Crippen LogP contribution in [-0.2, 0) is 14.4 Å². The van der Waals surface area contributed by atoms with E-state index in [2.05, 4.69) is 16.0 Å². The third-order valence-electron chi connectivity index (χ3n) is 3.65.